The van der Waals surface area contributed by atoms with Gasteiger partial charge in [-0.15, -0.1) is 0 Å². The maximum absolute atomic E-state index is 12.5. The molecule has 140 valence electrons. The lowest BCUT2D eigenvalue weighted by Crippen LogP contribution is -2.13. The van der Waals surface area contributed by atoms with Crippen LogP contribution in [0.2, 0.25) is 0 Å². The Bertz CT molecular complexity index is 1130. The third-order valence-corrected chi connectivity index (χ3v) is 4.60. The normalized spacial score (nSPS) is 11.1. The number of nitrogens with zero attached hydrogens (tertiary/aromatic N) is 2. The summed E-state index contributed by atoms with van der Waals surface area (Å²) >= 11 is 0. The van der Waals surface area contributed by atoms with E-state index < -0.39 is 10.5 Å². The number of benzene rings is 2. The molecule has 0 aliphatic heterocycles. The molecule has 0 aliphatic carbocycles. The molecule has 1 aromatic heterocycles. The van der Waals surface area contributed by atoms with Gasteiger partial charge in [0.25, 0.3) is 11.2 Å². The number of aromatic amines is 1. The number of non-ortho nitro benzene ring substituents is 1. The molecule has 0 unspecified atom stereocenters. The lowest BCUT2D eigenvalue weighted by molar-refractivity contribution is -0.384. The largest absolute Gasteiger partial charge is 0.321 e. The zero-order valence-corrected chi connectivity index (χ0v) is 15.8. The minimum atomic E-state index is -0.492. The minimum Gasteiger partial charge on any atom is -0.321 e. The van der Waals surface area contributed by atoms with Crippen molar-refractivity contribution in [2.45, 2.75) is 26.2 Å². The van der Waals surface area contributed by atoms with E-state index in [9.17, 15) is 20.2 Å². The van der Waals surface area contributed by atoms with E-state index in [1.807, 2.05) is 30.3 Å². The van der Waals surface area contributed by atoms with Crippen LogP contribution in [-0.4, -0.2) is 9.91 Å². The van der Waals surface area contributed by atoms with Crippen LogP contribution in [0.5, 0.6) is 0 Å². The topological polar surface area (TPSA) is 99.8 Å². The SMILES string of the molecule is CC(C)(C)c1ccc(-c2cc(-c3ccc([N+](=O)[O-])cc3)[nH]c(=O)c2C#N)cc1. The smallest absolute Gasteiger partial charge is 0.269 e. The monoisotopic (exact) mass is 373 g/mol. The van der Waals surface area contributed by atoms with Crippen LogP contribution >= 0.6 is 0 Å². The Hall–Kier alpha value is -3.72. The van der Waals surface area contributed by atoms with Crippen LogP contribution in [0.4, 0.5) is 5.69 Å². The molecule has 28 heavy (non-hydrogen) atoms. The number of nitrogens with one attached hydrogen (secondary N) is 1. The van der Waals surface area contributed by atoms with Crippen LogP contribution in [0.15, 0.2) is 59.4 Å². The van der Waals surface area contributed by atoms with Crippen molar-refractivity contribution in [1.29, 1.82) is 5.26 Å². The highest BCUT2D eigenvalue weighted by molar-refractivity contribution is 5.75. The summed E-state index contributed by atoms with van der Waals surface area (Å²) in [6, 6.07) is 17.4. The zero-order valence-electron chi connectivity index (χ0n) is 15.8. The molecule has 0 saturated heterocycles. The Morgan fingerprint density at radius 3 is 2.07 bits per heavy atom. The van der Waals surface area contributed by atoms with E-state index in [4.69, 9.17) is 0 Å². The molecule has 3 rings (SSSR count). The Labute approximate surface area is 162 Å². The lowest BCUT2D eigenvalue weighted by atomic mass is 9.86. The third-order valence-electron chi connectivity index (χ3n) is 4.60. The van der Waals surface area contributed by atoms with Crippen LogP contribution in [0.1, 0.15) is 31.9 Å². The van der Waals surface area contributed by atoms with Crippen molar-refractivity contribution in [2.24, 2.45) is 0 Å². The second-order valence-electron chi connectivity index (χ2n) is 7.54. The van der Waals surface area contributed by atoms with Gasteiger partial charge in [-0.2, -0.15) is 5.26 Å². The minimum absolute atomic E-state index is 0.00529. The van der Waals surface area contributed by atoms with Crippen LogP contribution < -0.4 is 5.56 Å². The van der Waals surface area contributed by atoms with Gasteiger partial charge in [0.1, 0.15) is 11.6 Å². The summed E-state index contributed by atoms with van der Waals surface area (Å²) < 4.78 is 0. The van der Waals surface area contributed by atoms with Gasteiger partial charge in [-0.1, -0.05) is 45.0 Å². The molecule has 0 saturated carbocycles. The maximum Gasteiger partial charge on any atom is 0.269 e. The van der Waals surface area contributed by atoms with Crippen LogP contribution in [0.3, 0.4) is 0 Å². The van der Waals surface area contributed by atoms with Gasteiger partial charge in [-0.05, 0) is 40.3 Å². The van der Waals surface area contributed by atoms with Crippen molar-refractivity contribution < 1.29 is 4.92 Å². The van der Waals surface area contributed by atoms with Crippen molar-refractivity contribution in [3.63, 3.8) is 0 Å². The summed E-state index contributed by atoms with van der Waals surface area (Å²) in [6.07, 6.45) is 0. The molecular formula is C22H19N3O3. The molecule has 0 bridgehead atoms. The van der Waals surface area contributed by atoms with E-state index in [1.165, 1.54) is 12.1 Å². The van der Waals surface area contributed by atoms with Crippen molar-refractivity contribution in [1.82, 2.24) is 4.98 Å². The predicted octanol–water partition coefficient (Wildman–Crippen LogP) is 4.79. The Balaban J connectivity index is 2.12. The summed E-state index contributed by atoms with van der Waals surface area (Å²) in [5, 5.41) is 20.3. The van der Waals surface area contributed by atoms with Gasteiger partial charge in [-0.3, -0.25) is 14.9 Å². The average molecular weight is 373 g/mol. The Kier molecular flexibility index (Phi) is 4.85. The van der Waals surface area contributed by atoms with E-state index >= 15 is 0 Å². The molecule has 0 spiro atoms. The second-order valence-corrected chi connectivity index (χ2v) is 7.54. The fraction of sp³-hybridized carbons (Fsp3) is 0.182. The highest BCUT2D eigenvalue weighted by Gasteiger charge is 2.16. The van der Waals surface area contributed by atoms with E-state index in [1.54, 1.807) is 18.2 Å². The molecule has 3 aromatic rings. The maximum atomic E-state index is 12.5. The van der Waals surface area contributed by atoms with Crippen molar-refractivity contribution in [3.05, 3.63) is 86.2 Å². The summed E-state index contributed by atoms with van der Waals surface area (Å²) in [5.41, 5.74) is 3.07. The molecule has 6 nitrogen and oxygen atoms in total. The molecule has 1 heterocycles. The number of hydrogen-bond donors (Lipinski definition) is 1. The lowest BCUT2D eigenvalue weighted by Gasteiger charge is -2.19. The molecule has 0 amide bonds. The van der Waals surface area contributed by atoms with Gasteiger partial charge in [0.15, 0.2) is 0 Å². The first-order chi connectivity index (χ1) is 13.2. The number of H-pyrrole nitrogens is 1. The Morgan fingerprint density at radius 1 is 1.00 bits per heavy atom. The number of hydrogen-bond acceptors (Lipinski definition) is 4. The average Bonchev–Trinajstić information content (AvgIpc) is 2.67. The first-order valence-electron chi connectivity index (χ1n) is 8.74. The van der Waals surface area contributed by atoms with Crippen molar-refractivity contribution in [3.8, 4) is 28.5 Å². The Morgan fingerprint density at radius 2 is 1.57 bits per heavy atom. The van der Waals surface area contributed by atoms with Gasteiger partial charge < -0.3 is 4.98 Å². The van der Waals surface area contributed by atoms with Gasteiger partial charge in [0.05, 0.1) is 4.92 Å². The number of pyridine rings is 1. The molecular weight excluding hydrogens is 354 g/mol. The summed E-state index contributed by atoms with van der Waals surface area (Å²) in [5.74, 6) is 0. The van der Waals surface area contributed by atoms with E-state index in [-0.39, 0.29) is 16.7 Å². The molecule has 0 aliphatic rings. The number of rotatable bonds is 3. The first-order valence-corrected chi connectivity index (χ1v) is 8.74. The van der Waals surface area contributed by atoms with E-state index in [0.717, 1.165) is 11.1 Å². The molecule has 2 aromatic carbocycles. The molecule has 0 fully saturated rings. The molecule has 0 radical (unpaired) electrons. The van der Waals surface area contributed by atoms with Gasteiger partial charge in [-0.25, -0.2) is 0 Å². The summed E-state index contributed by atoms with van der Waals surface area (Å²) in [4.78, 5) is 25.5. The van der Waals surface area contributed by atoms with Gasteiger partial charge in [0, 0.05) is 23.4 Å². The fourth-order valence-corrected chi connectivity index (χ4v) is 2.97. The van der Waals surface area contributed by atoms with Gasteiger partial charge in [0.2, 0.25) is 0 Å². The summed E-state index contributed by atoms with van der Waals surface area (Å²) in [6.45, 7) is 6.34. The number of nitriles is 1. The number of nitro groups is 1. The molecule has 6 heteroatoms. The van der Waals surface area contributed by atoms with Crippen molar-refractivity contribution in [2.75, 3.05) is 0 Å². The number of aromatic nitrogens is 1. The van der Waals surface area contributed by atoms with Crippen LogP contribution in [0, 0.1) is 21.4 Å². The molecule has 1 N–H and O–H groups in total. The quantitative estimate of drug-likeness (QED) is 0.527. The molecule has 0 atom stereocenters. The van der Waals surface area contributed by atoms with Crippen molar-refractivity contribution >= 4 is 5.69 Å². The standard InChI is InChI=1S/C22H19N3O3/c1-22(2,3)16-8-4-14(5-9-16)18-12-20(24-21(26)19(18)13-23)15-6-10-17(11-7-15)25(27)28/h4-12H,1-3H3,(H,24,26). The zero-order chi connectivity index (χ0) is 20.5. The van der Waals surface area contributed by atoms with E-state index in [0.29, 0.717) is 16.8 Å². The van der Waals surface area contributed by atoms with Crippen LogP contribution in [-0.2, 0) is 5.41 Å². The van der Waals surface area contributed by atoms with Crippen LogP contribution in [0.25, 0.3) is 22.4 Å². The second kappa shape index (κ2) is 7.12. The highest BCUT2D eigenvalue weighted by atomic mass is 16.6. The fourth-order valence-electron chi connectivity index (χ4n) is 2.97. The first kappa shape index (κ1) is 19.1. The predicted molar refractivity (Wildman–Crippen MR) is 108 cm³/mol. The number of nitro benzene ring substituents is 1. The highest BCUT2D eigenvalue weighted by Crippen LogP contribution is 2.29. The third kappa shape index (κ3) is 3.69. The van der Waals surface area contributed by atoms with Gasteiger partial charge >= 0.3 is 0 Å². The van der Waals surface area contributed by atoms with E-state index in [2.05, 4.69) is 25.8 Å². The summed E-state index contributed by atoms with van der Waals surface area (Å²) in [7, 11) is 0.